The van der Waals surface area contributed by atoms with Gasteiger partial charge in [-0.3, -0.25) is 9.69 Å². The first-order valence-corrected chi connectivity index (χ1v) is 9.56. The topological polar surface area (TPSA) is 32.8 Å². The van der Waals surface area contributed by atoms with Crippen molar-refractivity contribution in [3.05, 3.63) is 35.6 Å². The van der Waals surface area contributed by atoms with E-state index in [2.05, 4.69) is 9.80 Å². The highest BCUT2D eigenvalue weighted by Gasteiger charge is 2.44. The van der Waals surface area contributed by atoms with Crippen LogP contribution in [0, 0.1) is 11.7 Å². The lowest BCUT2D eigenvalue weighted by Gasteiger charge is -2.30. The van der Waals surface area contributed by atoms with Crippen molar-refractivity contribution in [3.8, 4) is 0 Å². The van der Waals surface area contributed by atoms with Crippen LogP contribution in [0.5, 0.6) is 0 Å². The average Bonchev–Trinajstić information content (AvgIpc) is 3.19. The molecular formula is C20H27FN2O2. The Morgan fingerprint density at radius 2 is 1.92 bits per heavy atom. The van der Waals surface area contributed by atoms with E-state index in [1.165, 1.54) is 12.1 Å². The third-order valence-corrected chi connectivity index (χ3v) is 6.09. The van der Waals surface area contributed by atoms with E-state index in [0.717, 1.165) is 70.0 Å². The third-order valence-electron chi connectivity index (χ3n) is 6.09. The van der Waals surface area contributed by atoms with Gasteiger partial charge in [0, 0.05) is 44.9 Å². The molecule has 0 unspecified atom stereocenters. The Bertz CT molecular complexity index is 617. The first kappa shape index (κ1) is 17.0. The van der Waals surface area contributed by atoms with Gasteiger partial charge in [-0.1, -0.05) is 12.1 Å². The van der Waals surface area contributed by atoms with Crippen molar-refractivity contribution in [1.29, 1.82) is 0 Å². The predicted octanol–water partition coefficient (Wildman–Crippen LogP) is 2.47. The van der Waals surface area contributed by atoms with Crippen molar-refractivity contribution in [2.75, 3.05) is 32.8 Å². The van der Waals surface area contributed by atoms with Gasteiger partial charge in [-0.15, -0.1) is 0 Å². The monoisotopic (exact) mass is 346 g/mol. The summed E-state index contributed by atoms with van der Waals surface area (Å²) in [6, 6.07) is 7.26. The molecule has 1 aromatic carbocycles. The number of amides is 1. The lowest BCUT2D eigenvalue weighted by atomic mass is 9.99. The molecule has 0 aromatic heterocycles. The predicted molar refractivity (Wildman–Crippen MR) is 93.7 cm³/mol. The number of ether oxygens (including phenoxy) is 1. The minimum atomic E-state index is -0.270. The normalized spacial score (nSPS) is 27.6. The number of likely N-dealkylation sites (tertiary alicyclic amines) is 2. The Morgan fingerprint density at radius 3 is 2.72 bits per heavy atom. The van der Waals surface area contributed by atoms with Crippen molar-refractivity contribution < 1.29 is 13.9 Å². The summed E-state index contributed by atoms with van der Waals surface area (Å²) in [4.78, 5) is 17.4. The number of hydrogen-bond acceptors (Lipinski definition) is 3. The Morgan fingerprint density at radius 1 is 1.12 bits per heavy atom. The molecular weight excluding hydrogens is 319 g/mol. The molecule has 25 heavy (non-hydrogen) atoms. The molecule has 5 heteroatoms. The Hall–Kier alpha value is -1.46. The van der Waals surface area contributed by atoms with E-state index >= 15 is 0 Å². The molecule has 1 aromatic rings. The lowest BCUT2D eigenvalue weighted by Crippen LogP contribution is -2.41. The van der Waals surface area contributed by atoms with E-state index in [1.54, 1.807) is 6.07 Å². The number of carbonyl (C=O) groups is 1. The SMILES string of the molecule is O=C(Cc1cccc(F)c1)N1CC[C@H]2[C@H]1CCN2CC1CCOCC1. The molecule has 4 nitrogen and oxygen atoms in total. The highest BCUT2D eigenvalue weighted by atomic mass is 19.1. The first-order chi connectivity index (χ1) is 12.2. The largest absolute Gasteiger partial charge is 0.381 e. The van der Waals surface area contributed by atoms with Crippen LogP contribution in [0.15, 0.2) is 24.3 Å². The Kier molecular flexibility index (Phi) is 5.04. The molecule has 0 spiro atoms. The van der Waals surface area contributed by atoms with Crippen LogP contribution in [0.2, 0.25) is 0 Å². The van der Waals surface area contributed by atoms with Gasteiger partial charge in [0.25, 0.3) is 0 Å². The van der Waals surface area contributed by atoms with Crippen LogP contribution < -0.4 is 0 Å². The van der Waals surface area contributed by atoms with Crippen molar-refractivity contribution in [2.24, 2.45) is 5.92 Å². The summed E-state index contributed by atoms with van der Waals surface area (Å²) in [5, 5.41) is 0. The van der Waals surface area contributed by atoms with Crippen molar-refractivity contribution in [3.63, 3.8) is 0 Å². The Balaban J connectivity index is 1.35. The van der Waals surface area contributed by atoms with Gasteiger partial charge in [0.2, 0.25) is 5.91 Å². The highest BCUT2D eigenvalue weighted by molar-refractivity contribution is 5.79. The summed E-state index contributed by atoms with van der Waals surface area (Å²) in [6.45, 7) is 4.87. The quantitative estimate of drug-likeness (QED) is 0.840. The minimum absolute atomic E-state index is 0.144. The maximum absolute atomic E-state index is 13.3. The van der Waals surface area contributed by atoms with Crippen LogP contribution in [-0.2, 0) is 16.0 Å². The highest BCUT2D eigenvalue weighted by Crippen LogP contribution is 2.33. The number of halogens is 1. The van der Waals surface area contributed by atoms with E-state index in [0.29, 0.717) is 18.5 Å². The smallest absolute Gasteiger partial charge is 0.227 e. The van der Waals surface area contributed by atoms with E-state index in [1.807, 2.05) is 6.07 Å². The van der Waals surface area contributed by atoms with Crippen LogP contribution >= 0.6 is 0 Å². The summed E-state index contributed by atoms with van der Waals surface area (Å²) < 4.78 is 18.8. The van der Waals surface area contributed by atoms with Crippen molar-refractivity contribution in [1.82, 2.24) is 9.80 Å². The summed E-state index contributed by atoms with van der Waals surface area (Å²) in [6.07, 6.45) is 4.78. The molecule has 0 bridgehead atoms. The molecule has 1 amide bonds. The van der Waals surface area contributed by atoms with Crippen molar-refractivity contribution in [2.45, 2.75) is 44.2 Å². The van der Waals surface area contributed by atoms with Gasteiger partial charge in [-0.2, -0.15) is 0 Å². The molecule has 0 N–H and O–H groups in total. The molecule has 2 atom stereocenters. The van der Waals surface area contributed by atoms with Crippen LogP contribution in [-0.4, -0.2) is 60.6 Å². The van der Waals surface area contributed by atoms with Gasteiger partial charge < -0.3 is 9.64 Å². The van der Waals surface area contributed by atoms with Gasteiger partial charge in [-0.25, -0.2) is 4.39 Å². The molecule has 136 valence electrons. The molecule has 3 heterocycles. The zero-order valence-electron chi connectivity index (χ0n) is 14.7. The maximum atomic E-state index is 13.3. The first-order valence-electron chi connectivity index (χ1n) is 9.56. The second-order valence-corrected chi connectivity index (χ2v) is 7.66. The van der Waals surface area contributed by atoms with E-state index in [9.17, 15) is 9.18 Å². The van der Waals surface area contributed by atoms with Gasteiger partial charge in [0.1, 0.15) is 5.82 Å². The van der Waals surface area contributed by atoms with E-state index < -0.39 is 0 Å². The fourth-order valence-electron chi connectivity index (χ4n) is 4.80. The minimum Gasteiger partial charge on any atom is -0.381 e. The number of hydrogen-bond donors (Lipinski definition) is 0. The van der Waals surface area contributed by atoms with E-state index in [4.69, 9.17) is 4.74 Å². The molecule has 4 rings (SSSR count). The molecule has 3 fully saturated rings. The molecule has 0 aliphatic carbocycles. The fourth-order valence-corrected chi connectivity index (χ4v) is 4.80. The van der Waals surface area contributed by atoms with Crippen LogP contribution in [0.25, 0.3) is 0 Å². The van der Waals surface area contributed by atoms with Gasteiger partial charge in [0.05, 0.1) is 6.42 Å². The maximum Gasteiger partial charge on any atom is 0.227 e. The third kappa shape index (κ3) is 3.72. The van der Waals surface area contributed by atoms with Crippen LogP contribution in [0.4, 0.5) is 4.39 Å². The standard InChI is InChI=1S/C20H27FN2O2/c21-17-3-1-2-16(12-17)13-20(24)23-9-5-18-19(23)4-8-22(18)14-15-6-10-25-11-7-15/h1-3,12,15,18-19H,4-11,13-14H2/t18-,19+/m0/s1. The van der Waals surface area contributed by atoms with Crippen LogP contribution in [0.1, 0.15) is 31.2 Å². The fraction of sp³-hybridized carbons (Fsp3) is 0.650. The second-order valence-electron chi connectivity index (χ2n) is 7.66. The zero-order chi connectivity index (χ0) is 17.2. The summed E-state index contributed by atoms with van der Waals surface area (Å²) >= 11 is 0. The number of nitrogens with zero attached hydrogens (tertiary/aromatic N) is 2. The van der Waals surface area contributed by atoms with Gasteiger partial charge >= 0.3 is 0 Å². The number of benzene rings is 1. The van der Waals surface area contributed by atoms with E-state index in [-0.39, 0.29) is 11.7 Å². The Labute approximate surface area is 148 Å². The molecule has 3 aliphatic heterocycles. The number of rotatable bonds is 4. The van der Waals surface area contributed by atoms with Crippen LogP contribution in [0.3, 0.4) is 0 Å². The summed E-state index contributed by atoms with van der Waals surface area (Å²) in [7, 11) is 0. The average molecular weight is 346 g/mol. The van der Waals surface area contributed by atoms with Gasteiger partial charge in [0.15, 0.2) is 0 Å². The molecule has 3 aliphatic rings. The molecule has 3 saturated heterocycles. The lowest BCUT2D eigenvalue weighted by molar-refractivity contribution is -0.131. The van der Waals surface area contributed by atoms with Gasteiger partial charge in [-0.05, 0) is 49.3 Å². The summed E-state index contributed by atoms with van der Waals surface area (Å²) in [5.74, 6) is 0.615. The van der Waals surface area contributed by atoms with Crippen molar-refractivity contribution >= 4 is 5.91 Å². The number of fused-ring (bicyclic) bond motifs is 1. The second kappa shape index (κ2) is 7.42. The zero-order valence-corrected chi connectivity index (χ0v) is 14.7. The number of carbonyl (C=O) groups excluding carboxylic acids is 1. The molecule has 0 saturated carbocycles. The summed E-state index contributed by atoms with van der Waals surface area (Å²) in [5.41, 5.74) is 0.769. The molecule has 0 radical (unpaired) electrons.